The molecule has 0 aromatic carbocycles. The maximum absolute atomic E-state index is 5.56. The molecule has 0 unspecified atom stereocenters. The van der Waals surface area contributed by atoms with Crippen molar-refractivity contribution in [3.63, 3.8) is 0 Å². The monoisotopic (exact) mass is 154 g/mol. The van der Waals surface area contributed by atoms with Crippen molar-refractivity contribution in [2.75, 3.05) is 0 Å². The number of hydrogen-bond acceptors (Lipinski definition) is 1. The second-order valence-electron chi connectivity index (χ2n) is 3.20. The third kappa shape index (κ3) is 3.76. The molecule has 1 nitrogen and oxygen atoms in total. The smallest absolute Gasteiger partial charge is 0.0840 e. The van der Waals surface area contributed by atoms with E-state index < -0.39 is 0 Å². The lowest BCUT2D eigenvalue weighted by Gasteiger charge is -2.21. The van der Waals surface area contributed by atoms with E-state index in [1.54, 1.807) is 0 Å². The van der Waals surface area contributed by atoms with Gasteiger partial charge in [0.15, 0.2) is 0 Å². The third-order valence-corrected chi connectivity index (χ3v) is 2.16. The SMILES string of the molecule is [CH2]CC[CH]OC1CCCCC1. The minimum atomic E-state index is 0.523. The molecule has 1 saturated carbocycles. The first-order valence-corrected chi connectivity index (χ1v) is 4.70. The van der Waals surface area contributed by atoms with Gasteiger partial charge in [-0.1, -0.05) is 32.6 Å². The third-order valence-electron chi connectivity index (χ3n) is 2.16. The molecule has 1 rings (SSSR count). The van der Waals surface area contributed by atoms with Gasteiger partial charge in [0.1, 0.15) is 0 Å². The predicted molar refractivity (Wildman–Crippen MR) is 46.8 cm³/mol. The first kappa shape index (κ1) is 9.05. The lowest BCUT2D eigenvalue weighted by atomic mass is 9.98. The van der Waals surface area contributed by atoms with Crippen LogP contribution >= 0.6 is 0 Å². The minimum Gasteiger partial charge on any atom is -0.372 e. The lowest BCUT2D eigenvalue weighted by molar-refractivity contribution is 0.0697. The van der Waals surface area contributed by atoms with Crippen LogP contribution in [0.25, 0.3) is 0 Å². The fraction of sp³-hybridized carbons (Fsp3) is 0.800. The van der Waals surface area contributed by atoms with Gasteiger partial charge in [0.2, 0.25) is 0 Å². The summed E-state index contributed by atoms with van der Waals surface area (Å²) in [6, 6.07) is 0. The average molecular weight is 154 g/mol. The van der Waals surface area contributed by atoms with Crippen molar-refractivity contribution in [1.29, 1.82) is 0 Å². The quantitative estimate of drug-likeness (QED) is 0.565. The second-order valence-corrected chi connectivity index (χ2v) is 3.20. The van der Waals surface area contributed by atoms with Crippen molar-refractivity contribution in [2.24, 2.45) is 0 Å². The highest BCUT2D eigenvalue weighted by molar-refractivity contribution is 4.67. The van der Waals surface area contributed by atoms with Gasteiger partial charge in [-0.3, -0.25) is 0 Å². The number of hydrogen-bond donors (Lipinski definition) is 0. The molecule has 0 aromatic rings. The second kappa shape index (κ2) is 5.59. The van der Waals surface area contributed by atoms with Gasteiger partial charge >= 0.3 is 0 Å². The molecule has 0 aromatic heterocycles. The van der Waals surface area contributed by atoms with Gasteiger partial charge in [0.05, 0.1) is 12.7 Å². The predicted octanol–water partition coefficient (Wildman–Crippen LogP) is 3.11. The summed E-state index contributed by atoms with van der Waals surface area (Å²) in [7, 11) is 0. The van der Waals surface area contributed by atoms with Crippen molar-refractivity contribution in [2.45, 2.75) is 51.0 Å². The highest BCUT2D eigenvalue weighted by atomic mass is 16.5. The molecular formula is C10H18O. The normalized spacial score (nSPS) is 20.5. The van der Waals surface area contributed by atoms with E-state index in [-0.39, 0.29) is 0 Å². The van der Waals surface area contributed by atoms with E-state index in [2.05, 4.69) is 6.92 Å². The van der Waals surface area contributed by atoms with Crippen LogP contribution in [0.2, 0.25) is 0 Å². The topological polar surface area (TPSA) is 9.23 Å². The Balaban J connectivity index is 1.96. The molecule has 0 bridgehead atoms. The Morgan fingerprint density at radius 2 is 2.00 bits per heavy atom. The summed E-state index contributed by atoms with van der Waals surface area (Å²) in [6.07, 6.45) is 9.08. The Bertz CT molecular complexity index is 84.9. The van der Waals surface area contributed by atoms with Crippen LogP contribution in [0, 0.1) is 13.5 Å². The molecule has 1 aliphatic carbocycles. The summed E-state index contributed by atoms with van der Waals surface area (Å²) in [5.74, 6) is 0. The van der Waals surface area contributed by atoms with E-state index in [9.17, 15) is 0 Å². The van der Waals surface area contributed by atoms with Gasteiger partial charge in [0.25, 0.3) is 0 Å². The van der Waals surface area contributed by atoms with E-state index in [1.807, 2.05) is 6.61 Å². The van der Waals surface area contributed by atoms with Crippen LogP contribution in [-0.4, -0.2) is 6.10 Å². The van der Waals surface area contributed by atoms with Crippen molar-refractivity contribution < 1.29 is 4.74 Å². The summed E-state index contributed by atoms with van der Waals surface area (Å²) >= 11 is 0. The molecule has 0 atom stereocenters. The molecular weight excluding hydrogens is 136 g/mol. The van der Waals surface area contributed by atoms with Crippen LogP contribution in [0.15, 0.2) is 0 Å². The molecule has 0 saturated heterocycles. The highest BCUT2D eigenvalue weighted by Crippen LogP contribution is 2.21. The number of unbranched alkanes of at least 4 members (excludes halogenated alkanes) is 1. The summed E-state index contributed by atoms with van der Waals surface area (Å²) in [5.41, 5.74) is 0. The summed E-state index contributed by atoms with van der Waals surface area (Å²) in [4.78, 5) is 0. The van der Waals surface area contributed by atoms with Crippen LogP contribution in [0.5, 0.6) is 0 Å². The Morgan fingerprint density at radius 1 is 1.27 bits per heavy atom. The number of rotatable bonds is 4. The van der Waals surface area contributed by atoms with Gasteiger partial charge in [-0.2, -0.15) is 0 Å². The maximum Gasteiger partial charge on any atom is 0.0840 e. The molecule has 1 aliphatic rings. The Morgan fingerprint density at radius 3 is 2.64 bits per heavy atom. The zero-order chi connectivity index (χ0) is 7.94. The van der Waals surface area contributed by atoms with Crippen molar-refractivity contribution in [3.8, 4) is 0 Å². The molecule has 2 radical (unpaired) electrons. The molecule has 11 heavy (non-hydrogen) atoms. The maximum atomic E-state index is 5.56. The lowest BCUT2D eigenvalue weighted by Crippen LogP contribution is -2.14. The standard InChI is InChI=1S/C10H18O/c1-2-3-9-11-10-7-5-4-6-8-10/h9-10H,1-8H2. The van der Waals surface area contributed by atoms with E-state index in [4.69, 9.17) is 4.74 Å². The van der Waals surface area contributed by atoms with E-state index in [1.165, 1.54) is 32.1 Å². The molecule has 0 N–H and O–H groups in total. The summed E-state index contributed by atoms with van der Waals surface area (Å²) < 4.78 is 5.56. The van der Waals surface area contributed by atoms with Crippen LogP contribution in [0.1, 0.15) is 44.9 Å². The fourth-order valence-corrected chi connectivity index (χ4v) is 1.49. The number of ether oxygens (including phenoxy) is 1. The highest BCUT2D eigenvalue weighted by Gasteiger charge is 2.12. The summed E-state index contributed by atoms with van der Waals surface area (Å²) in [6.45, 7) is 5.69. The van der Waals surface area contributed by atoms with Gasteiger partial charge in [-0.25, -0.2) is 0 Å². The van der Waals surface area contributed by atoms with Crippen LogP contribution in [-0.2, 0) is 4.74 Å². The zero-order valence-electron chi connectivity index (χ0n) is 7.22. The minimum absolute atomic E-state index is 0.523. The zero-order valence-corrected chi connectivity index (χ0v) is 7.22. The van der Waals surface area contributed by atoms with Gasteiger partial charge in [-0.05, 0) is 19.3 Å². The molecule has 0 heterocycles. The first-order chi connectivity index (χ1) is 5.43. The van der Waals surface area contributed by atoms with Gasteiger partial charge in [0, 0.05) is 0 Å². The molecule has 0 spiro atoms. The fourth-order valence-electron chi connectivity index (χ4n) is 1.49. The van der Waals surface area contributed by atoms with E-state index in [0.29, 0.717) is 6.10 Å². The molecule has 0 amide bonds. The average Bonchev–Trinajstić information content (AvgIpc) is 2.07. The van der Waals surface area contributed by atoms with Gasteiger partial charge < -0.3 is 4.74 Å². The Kier molecular flexibility index (Phi) is 4.60. The van der Waals surface area contributed by atoms with E-state index >= 15 is 0 Å². The molecule has 0 aliphatic heterocycles. The van der Waals surface area contributed by atoms with Crippen molar-refractivity contribution >= 4 is 0 Å². The molecule has 64 valence electrons. The van der Waals surface area contributed by atoms with E-state index in [0.717, 1.165) is 12.8 Å². The van der Waals surface area contributed by atoms with Crippen LogP contribution in [0.4, 0.5) is 0 Å². The first-order valence-electron chi connectivity index (χ1n) is 4.70. The van der Waals surface area contributed by atoms with Crippen molar-refractivity contribution in [1.82, 2.24) is 0 Å². The Labute approximate surface area is 70.1 Å². The Hall–Kier alpha value is -0.0400. The van der Waals surface area contributed by atoms with Crippen LogP contribution < -0.4 is 0 Å². The molecule has 1 heteroatoms. The largest absolute Gasteiger partial charge is 0.372 e. The summed E-state index contributed by atoms with van der Waals surface area (Å²) in [5, 5.41) is 0. The van der Waals surface area contributed by atoms with Gasteiger partial charge in [-0.15, -0.1) is 0 Å². The van der Waals surface area contributed by atoms with Crippen molar-refractivity contribution in [3.05, 3.63) is 13.5 Å². The van der Waals surface area contributed by atoms with Crippen LogP contribution in [0.3, 0.4) is 0 Å². The molecule has 1 fully saturated rings.